The van der Waals surface area contributed by atoms with Crippen molar-refractivity contribution in [1.29, 1.82) is 0 Å². The first-order valence-corrected chi connectivity index (χ1v) is 9.92. The molecule has 182 valence electrons. The van der Waals surface area contributed by atoms with Gasteiger partial charge in [-0.15, -0.1) is 0 Å². The van der Waals surface area contributed by atoms with Crippen molar-refractivity contribution in [2.75, 3.05) is 19.9 Å². The molecule has 1 saturated heterocycles. The molecule has 1 rings (SSSR count). The van der Waals surface area contributed by atoms with Crippen molar-refractivity contribution in [1.82, 2.24) is 10.8 Å². The molecule has 0 aromatic rings. The lowest BCUT2D eigenvalue weighted by atomic mass is 9.99. The Kier molecular flexibility index (Phi) is 11.2. The zero-order valence-corrected chi connectivity index (χ0v) is 18.0. The highest BCUT2D eigenvalue weighted by molar-refractivity contribution is 6.03. The number of hydroxylamine groups is 1. The predicted octanol–water partition coefficient (Wildman–Crippen LogP) is -2.14. The van der Waals surface area contributed by atoms with Crippen molar-refractivity contribution in [2.45, 2.75) is 82.6 Å². The molecule has 0 bridgehead atoms. The van der Waals surface area contributed by atoms with Gasteiger partial charge in [0.2, 0.25) is 0 Å². The van der Waals surface area contributed by atoms with Gasteiger partial charge in [0.1, 0.15) is 31.1 Å². The molecule has 0 aromatic carbocycles. The third kappa shape index (κ3) is 7.88. The molecular weight excluding hydrogens is 423 g/mol. The van der Waals surface area contributed by atoms with Crippen LogP contribution in [0.25, 0.3) is 0 Å². The van der Waals surface area contributed by atoms with Gasteiger partial charge in [-0.2, -0.15) is 5.48 Å². The zero-order valence-electron chi connectivity index (χ0n) is 18.0. The first-order valence-electron chi connectivity index (χ1n) is 9.92. The lowest BCUT2D eigenvalue weighted by Crippen LogP contribution is -2.59. The standard InChI is InChI=1S/C18H33FN2O10/c1-9(2)20-8-29-16(26)18(19,17(27)31-21-10(3)4)5-6-28-15-14(25)13(24)12(23)11(7-22)30-15/h9-15,20-25H,5-8H2,1-4H3/t11-,12-,13+,14-,15?,18?/m1/s1. The fourth-order valence-electron chi connectivity index (χ4n) is 2.45. The number of alkyl halides is 1. The summed E-state index contributed by atoms with van der Waals surface area (Å²) in [6.07, 6.45) is -8.65. The summed E-state index contributed by atoms with van der Waals surface area (Å²) in [6.45, 7) is 5.13. The second-order valence-corrected chi connectivity index (χ2v) is 7.72. The van der Waals surface area contributed by atoms with E-state index in [2.05, 4.69) is 15.6 Å². The number of carbonyl (C=O) groups excluding carboxylic acids is 2. The molecular formula is C18H33FN2O10. The van der Waals surface area contributed by atoms with Crippen LogP contribution in [0.5, 0.6) is 0 Å². The van der Waals surface area contributed by atoms with Gasteiger partial charge in [-0.3, -0.25) is 5.32 Å². The van der Waals surface area contributed by atoms with Gasteiger partial charge in [-0.25, -0.2) is 14.0 Å². The maximum atomic E-state index is 15.4. The molecule has 12 nitrogen and oxygen atoms in total. The van der Waals surface area contributed by atoms with Crippen LogP contribution in [-0.4, -0.2) is 101 Å². The first kappa shape index (κ1) is 27.6. The number of ether oxygens (including phenoxy) is 3. The Morgan fingerprint density at radius 3 is 2.26 bits per heavy atom. The number of aliphatic hydroxyl groups is 4. The molecule has 0 aliphatic carbocycles. The molecule has 0 amide bonds. The van der Waals surface area contributed by atoms with Gasteiger partial charge in [0.15, 0.2) is 6.29 Å². The molecule has 0 spiro atoms. The topological polar surface area (TPSA) is 176 Å². The summed E-state index contributed by atoms with van der Waals surface area (Å²) < 4.78 is 30.4. The highest BCUT2D eigenvalue weighted by Crippen LogP contribution is 2.25. The van der Waals surface area contributed by atoms with Crippen molar-refractivity contribution < 1.29 is 53.5 Å². The molecule has 31 heavy (non-hydrogen) atoms. The minimum absolute atomic E-state index is 0.0640. The fraction of sp³-hybridized carbons (Fsp3) is 0.889. The number of hydrogen-bond acceptors (Lipinski definition) is 12. The molecule has 2 unspecified atom stereocenters. The highest BCUT2D eigenvalue weighted by Gasteiger charge is 2.51. The summed E-state index contributed by atoms with van der Waals surface area (Å²) in [6, 6.07) is -0.414. The van der Waals surface area contributed by atoms with E-state index in [1.165, 1.54) is 0 Å². The molecule has 0 saturated carbocycles. The van der Waals surface area contributed by atoms with Crippen LogP contribution >= 0.6 is 0 Å². The van der Waals surface area contributed by atoms with Crippen molar-refractivity contribution >= 4 is 11.9 Å². The monoisotopic (exact) mass is 456 g/mol. The van der Waals surface area contributed by atoms with Gasteiger partial charge in [-0.05, 0) is 27.7 Å². The van der Waals surface area contributed by atoms with E-state index in [4.69, 9.17) is 14.2 Å². The Morgan fingerprint density at radius 1 is 1.06 bits per heavy atom. The van der Waals surface area contributed by atoms with Gasteiger partial charge in [0, 0.05) is 18.5 Å². The van der Waals surface area contributed by atoms with Gasteiger partial charge in [-0.1, -0.05) is 0 Å². The van der Waals surface area contributed by atoms with Crippen molar-refractivity contribution in [2.24, 2.45) is 0 Å². The highest BCUT2D eigenvalue weighted by atomic mass is 19.1. The maximum Gasteiger partial charge on any atom is 0.374 e. The number of nitrogens with one attached hydrogen (secondary N) is 2. The first-order chi connectivity index (χ1) is 14.4. The van der Waals surface area contributed by atoms with Crippen molar-refractivity contribution in [3.05, 3.63) is 0 Å². The summed E-state index contributed by atoms with van der Waals surface area (Å²) in [5.41, 5.74) is -0.997. The lowest BCUT2D eigenvalue weighted by Gasteiger charge is -2.39. The molecule has 13 heteroatoms. The molecule has 1 heterocycles. The Bertz CT molecular complexity index is 580. The SMILES string of the molecule is CC(C)NCOC(=O)C(F)(CCOC1O[C@H](CO)[C@@H](O)[C@H](O)[C@H]1O)C(=O)ONC(C)C. The van der Waals surface area contributed by atoms with Crippen LogP contribution in [0.1, 0.15) is 34.1 Å². The molecule has 1 aliphatic rings. The van der Waals surface area contributed by atoms with E-state index in [0.29, 0.717) is 0 Å². The van der Waals surface area contributed by atoms with E-state index in [1.807, 2.05) is 0 Å². The van der Waals surface area contributed by atoms with Gasteiger partial charge < -0.3 is 39.5 Å². The molecule has 1 aliphatic heterocycles. The van der Waals surface area contributed by atoms with E-state index in [0.717, 1.165) is 0 Å². The Morgan fingerprint density at radius 2 is 1.71 bits per heavy atom. The largest absolute Gasteiger partial charge is 0.447 e. The summed E-state index contributed by atoms with van der Waals surface area (Å²) in [5.74, 6) is -3.05. The van der Waals surface area contributed by atoms with Crippen LogP contribution in [0.2, 0.25) is 0 Å². The maximum absolute atomic E-state index is 15.4. The minimum Gasteiger partial charge on any atom is -0.447 e. The van der Waals surface area contributed by atoms with E-state index < -0.39 is 67.9 Å². The Labute approximate surface area is 179 Å². The molecule has 1 fully saturated rings. The zero-order chi connectivity index (χ0) is 23.8. The van der Waals surface area contributed by atoms with E-state index in [-0.39, 0.29) is 18.8 Å². The molecule has 0 radical (unpaired) electrons. The summed E-state index contributed by atoms with van der Waals surface area (Å²) >= 11 is 0. The number of halogens is 1. The number of rotatable bonds is 12. The lowest BCUT2D eigenvalue weighted by molar-refractivity contribution is -0.302. The smallest absolute Gasteiger partial charge is 0.374 e. The third-order valence-electron chi connectivity index (χ3n) is 4.31. The van der Waals surface area contributed by atoms with Gasteiger partial charge in [0.05, 0.1) is 13.2 Å². The predicted molar refractivity (Wildman–Crippen MR) is 102 cm³/mol. The van der Waals surface area contributed by atoms with Gasteiger partial charge >= 0.3 is 17.6 Å². The quantitative estimate of drug-likeness (QED) is 0.0814. The van der Waals surface area contributed by atoms with Crippen LogP contribution < -0.4 is 10.8 Å². The van der Waals surface area contributed by atoms with Crippen molar-refractivity contribution in [3.8, 4) is 0 Å². The molecule has 6 N–H and O–H groups in total. The number of aliphatic hydroxyl groups excluding tert-OH is 4. The minimum atomic E-state index is -3.24. The van der Waals surface area contributed by atoms with Crippen LogP contribution in [0.4, 0.5) is 4.39 Å². The van der Waals surface area contributed by atoms with E-state index in [9.17, 15) is 30.0 Å². The van der Waals surface area contributed by atoms with E-state index >= 15 is 4.39 Å². The van der Waals surface area contributed by atoms with E-state index in [1.54, 1.807) is 27.7 Å². The summed E-state index contributed by atoms with van der Waals surface area (Å²) in [4.78, 5) is 29.1. The number of esters is 1. The number of hydrogen-bond donors (Lipinski definition) is 6. The summed E-state index contributed by atoms with van der Waals surface area (Å²) in [7, 11) is 0. The average Bonchev–Trinajstić information content (AvgIpc) is 2.71. The number of carbonyl (C=O) groups is 2. The van der Waals surface area contributed by atoms with Crippen LogP contribution in [0.3, 0.4) is 0 Å². The van der Waals surface area contributed by atoms with Gasteiger partial charge in [0.25, 0.3) is 0 Å². The normalized spacial score (nSPS) is 28.4. The second kappa shape index (κ2) is 12.6. The molecule has 0 aromatic heterocycles. The van der Waals surface area contributed by atoms with Crippen LogP contribution in [0, 0.1) is 0 Å². The average molecular weight is 456 g/mol. The Hall–Kier alpha value is -1.45. The fourth-order valence-corrected chi connectivity index (χ4v) is 2.45. The molecule has 6 atom stereocenters. The van der Waals surface area contributed by atoms with Crippen LogP contribution in [0.15, 0.2) is 0 Å². The second-order valence-electron chi connectivity index (χ2n) is 7.72. The summed E-state index contributed by atoms with van der Waals surface area (Å²) in [5, 5.41) is 41.4. The van der Waals surface area contributed by atoms with Crippen molar-refractivity contribution in [3.63, 3.8) is 0 Å². The third-order valence-corrected chi connectivity index (χ3v) is 4.31. The Balaban J connectivity index is 2.80. The van der Waals surface area contributed by atoms with Crippen LogP contribution in [-0.2, 0) is 28.6 Å².